The number of allylic oxidation sites excluding steroid dienone is 1. The molecular formula is C15H16Cl2N2O4. The molecule has 0 bridgehead atoms. The van der Waals surface area contributed by atoms with Crippen molar-refractivity contribution in [3.05, 3.63) is 39.0 Å². The summed E-state index contributed by atoms with van der Waals surface area (Å²) >= 11 is 11.9. The molecule has 6 nitrogen and oxygen atoms in total. The van der Waals surface area contributed by atoms with Gasteiger partial charge < -0.3 is 20.5 Å². The summed E-state index contributed by atoms with van der Waals surface area (Å²) in [5.74, 6) is -0.835. The van der Waals surface area contributed by atoms with Crippen LogP contribution in [0.2, 0.25) is 10.0 Å². The zero-order chi connectivity index (χ0) is 17.1. The van der Waals surface area contributed by atoms with Crippen molar-refractivity contribution in [1.29, 1.82) is 0 Å². The Kier molecular flexibility index (Phi) is 5.38. The van der Waals surface area contributed by atoms with Crippen LogP contribution in [0.1, 0.15) is 31.9 Å². The van der Waals surface area contributed by atoms with E-state index in [0.717, 1.165) is 0 Å². The van der Waals surface area contributed by atoms with E-state index in [4.69, 9.17) is 27.9 Å². The van der Waals surface area contributed by atoms with E-state index in [1.807, 2.05) is 0 Å². The maximum absolute atomic E-state index is 12.3. The summed E-state index contributed by atoms with van der Waals surface area (Å²) in [5, 5.41) is 15.7. The molecule has 1 heterocycles. The van der Waals surface area contributed by atoms with E-state index in [-0.39, 0.29) is 33.5 Å². The number of esters is 1. The van der Waals surface area contributed by atoms with Crippen LogP contribution in [0.4, 0.5) is 4.79 Å². The fourth-order valence-corrected chi connectivity index (χ4v) is 2.90. The van der Waals surface area contributed by atoms with Gasteiger partial charge in [-0.05, 0) is 25.5 Å². The number of amides is 2. The summed E-state index contributed by atoms with van der Waals surface area (Å²) in [6.07, 6.45) is 0.410. The number of halogens is 2. The number of carbonyl (C=O) groups excluding carboxylic acids is 2. The van der Waals surface area contributed by atoms with Gasteiger partial charge in [0.05, 0.1) is 23.2 Å². The summed E-state index contributed by atoms with van der Waals surface area (Å²) in [7, 11) is 0. The highest BCUT2D eigenvalue weighted by Crippen LogP contribution is 2.39. The first kappa shape index (κ1) is 17.4. The largest absolute Gasteiger partial charge is 0.506 e. The van der Waals surface area contributed by atoms with Gasteiger partial charge in [-0.1, -0.05) is 30.1 Å². The van der Waals surface area contributed by atoms with Crippen LogP contribution >= 0.6 is 23.2 Å². The third kappa shape index (κ3) is 3.54. The van der Waals surface area contributed by atoms with Crippen molar-refractivity contribution in [1.82, 2.24) is 10.6 Å². The number of aromatic hydroxyl groups is 1. The van der Waals surface area contributed by atoms with Crippen LogP contribution < -0.4 is 10.6 Å². The highest BCUT2D eigenvalue weighted by atomic mass is 35.5. The molecule has 1 unspecified atom stereocenters. The Labute approximate surface area is 143 Å². The molecule has 2 amide bonds. The van der Waals surface area contributed by atoms with Gasteiger partial charge in [0.1, 0.15) is 5.75 Å². The smallest absolute Gasteiger partial charge is 0.338 e. The average Bonchev–Trinajstić information content (AvgIpc) is 2.50. The molecule has 1 atom stereocenters. The minimum absolute atomic E-state index is 0.0292. The first-order valence-electron chi connectivity index (χ1n) is 7.04. The van der Waals surface area contributed by atoms with Gasteiger partial charge in [0.2, 0.25) is 0 Å². The van der Waals surface area contributed by atoms with Crippen LogP contribution in [0, 0.1) is 0 Å². The van der Waals surface area contributed by atoms with Gasteiger partial charge in [0.15, 0.2) is 0 Å². The highest BCUT2D eigenvalue weighted by molar-refractivity contribution is 6.35. The van der Waals surface area contributed by atoms with Gasteiger partial charge in [-0.2, -0.15) is 0 Å². The topological polar surface area (TPSA) is 87.7 Å². The molecular weight excluding hydrogens is 343 g/mol. The number of carbonyl (C=O) groups is 2. The van der Waals surface area contributed by atoms with Gasteiger partial charge in [0.25, 0.3) is 0 Å². The molecule has 1 aliphatic heterocycles. The van der Waals surface area contributed by atoms with E-state index in [2.05, 4.69) is 10.6 Å². The summed E-state index contributed by atoms with van der Waals surface area (Å²) in [6.45, 7) is 3.66. The molecule has 23 heavy (non-hydrogen) atoms. The Hall–Kier alpha value is -1.92. The molecule has 0 spiro atoms. The summed E-state index contributed by atoms with van der Waals surface area (Å²) in [6, 6.07) is 1.43. The van der Waals surface area contributed by atoms with E-state index in [1.54, 1.807) is 13.8 Å². The molecule has 0 saturated carbocycles. The zero-order valence-electron chi connectivity index (χ0n) is 12.6. The monoisotopic (exact) mass is 358 g/mol. The number of ether oxygens (including phenoxy) is 1. The molecule has 1 aromatic rings. The number of hydrogen-bond donors (Lipinski definition) is 3. The average molecular weight is 359 g/mol. The zero-order valence-corrected chi connectivity index (χ0v) is 14.1. The van der Waals surface area contributed by atoms with Crippen molar-refractivity contribution in [3.63, 3.8) is 0 Å². The Bertz CT molecular complexity index is 688. The van der Waals surface area contributed by atoms with Crippen molar-refractivity contribution in [2.75, 3.05) is 6.61 Å². The molecule has 1 aliphatic rings. The molecule has 3 N–H and O–H groups in total. The van der Waals surface area contributed by atoms with E-state index >= 15 is 0 Å². The van der Waals surface area contributed by atoms with E-state index in [9.17, 15) is 14.7 Å². The fourth-order valence-electron chi connectivity index (χ4n) is 2.39. The number of urea groups is 1. The Morgan fingerprint density at radius 2 is 2.04 bits per heavy atom. The normalized spacial score (nSPS) is 17.6. The summed E-state index contributed by atoms with van der Waals surface area (Å²) < 4.78 is 5.07. The molecule has 0 saturated heterocycles. The van der Waals surface area contributed by atoms with Gasteiger partial charge in [0, 0.05) is 16.3 Å². The lowest BCUT2D eigenvalue weighted by Crippen LogP contribution is -2.45. The van der Waals surface area contributed by atoms with Crippen LogP contribution in [-0.4, -0.2) is 23.7 Å². The molecule has 1 aromatic carbocycles. The fraction of sp³-hybridized carbons (Fsp3) is 0.333. The van der Waals surface area contributed by atoms with Crippen LogP contribution in [-0.2, 0) is 9.53 Å². The van der Waals surface area contributed by atoms with Crippen molar-refractivity contribution >= 4 is 35.2 Å². The van der Waals surface area contributed by atoms with Gasteiger partial charge >= 0.3 is 12.0 Å². The molecule has 124 valence electrons. The number of phenolic OH excluding ortho intramolecular Hbond substituents is 1. The van der Waals surface area contributed by atoms with E-state index in [0.29, 0.717) is 12.1 Å². The van der Waals surface area contributed by atoms with Crippen molar-refractivity contribution < 1.29 is 19.4 Å². The number of phenols is 1. The first-order valence-corrected chi connectivity index (χ1v) is 7.80. The summed E-state index contributed by atoms with van der Waals surface area (Å²) in [5.41, 5.74) is 0.863. The molecule has 8 heteroatoms. The minimum atomic E-state index is -0.908. The quantitative estimate of drug-likeness (QED) is 0.720. The second-order valence-electron chi connectivity index (χ2n) is 4.82. The van der Waals surface area contributed by atoms with Crippen molar-refractivity contribution in [2.24, 2.45) is 0 Å². The van der Waals surface area contributed by atoms with Gasteiger partial charge in [-0.25, -0.2) is 9.59 Å². The van der Waals surface area contributed by atoms with Gasteiger partial charge in [-0.3, -0.25) is 0 Å². The number of rotatable bonds is 4. The summed E-state index contributed by atoms with van der Waals surface area (Å²) in [4.78, 5) is 24.2. The van der Waals surface area contributed by atoms with Crippen LogP contribution in [0.3, 0.4) is 0 Å². The third-order valence-electron chi connectivity index (χ3n) is 3.37. The van der Waals surface area contributed by atoms with E-state index < -0.39 is 18.0 Å². The first-order chi connectivity index (χ1) is 10.9. The van der Waals surface area contributed by atoms with Crippen LogP contribution in [0.25, 0.3) is 0 Å². The van der Waals surface area contributed by atoms with Crippen molar-refractivity contribution in [2.45, 2.75) is 26.3 Å². The minimum Gasteiger partial charge on any atom is -0.506 e. The Morgan fingerprint density at radius 3 is 2.65 bits per heavy atom. The Balaban J connectivity index is 2.62. The lowest BCUT2D eigenvalue weighted by Gasteiger charge is -2.29. The molecule has 0 aromatic heterocycles. The predicted octanol–water partition coefficient (Wildman–Crippen LogP) is 3.28. The molecule has 0 fully saturated rings. The van der Waals surface area contributed by atoms with Crippen LogP contribution in [0.5, 0.6) is 5.75 Å². The van der Waals surface area contributed by atoms with Crippen LogP contribution in [0.15, 0.2) is 23.4 Å². The lowest BCUT2D eigenvalue weighted by atomic mass is 9.93. The SMILES string of the molecule is CCOC(=O)C1=C(CC)NC(=O)NC1c1cc(Cl)cc(Cl)c1O. The third-order valence-corrected chi connectivity index (χ3v) is 3.88. The second-order valence-corrected chi connectivity index (χ2v) is 5.67. The molecule has 2 rings (SSSR count). The Morgan fingerprint density at radius 1 is 1.35 bits per heavy atom. The maximum Gasteiger partial charge on any atom is 0.338 e. The lowest BCUT2D eigenvalue weighted by molar-refractivity contribution is -0.139. The second kappa shape index (κ2) is 7.10. The van der Waals surface area contributed by atoms with Gasteiger partial charge in [-0.15, -0.1) is 0 Å². The van der Waals surface area contributed by atoms with Crippen molar-refractivity contribution in [3.8, 4) is 5.75 Å². The number of nitrogens with one attached hydrogen (secondary N) is 2. The highest BCUT2D eigenvalue weighted by Gasteiger charge is 2.35. The van der Waals surface area contributed by atoms with E-state index in [1.165, 1.54) is 12.1 Å². The standard InChI is InChI=1S/C15H16Cl2N2O4/c1-3-10-11(14(21)23-4-2)12(19-15(22)18-10)8-5-7(16)6-9(17)13(8)20/h5-6,12,20H,3-4H2,1-2H3,(H2,18,19,22). The molecule has 0 radical (unpaired) electrons. The maximum atomic E-state index is 12.3. The molecule has 0 aliphatic carbocycles. The number of hydrogen-bond acceptors (Lipinski definition) is 4. The predicted molar refractivity (Wildman–Crippen MR) is 86.5 cm³/mol. The number of benzene rings is 1.